The number of benzene rings is 1. The minimum atomic E-state index is -3.96. The number of rotatable bonds is 3. The van der Waals surface area contributed by atoms with Crippen molar-refractivity contribution in [2.24, 2.45) is 0 Å². The van der Waals surface area contributed by atoms with Gasteiger partial charge in [-0.1, -0.05) is 6.42 Å². The second-order valence-electron chi connectivity index (χ2n) is 5.69. The van der Waals surface area contributed by atoms with Crippen molar-refractivity contribution in [2.45, 2.75) is 42.7 Å². The summed E-state index contributed by atoms with van der Waals surface area (Å²) in [5.41, 5.74) is 0. The Bertz CT molecular complexity index is 636. The Morgan fingerprint density at radius 1 is 1.14 bits per heavy atom. The maximum absolute atomic E-state index is 13.7. The van der Waals surface area contributed by atoms with Gasteiger partial charge in [-0.2, -0.15) is 0 Å². The van der Waals surface area contributed by atoms with Crippen molar-refractivity contribution < 1.29 is 17.2 Å². The highest BCUT2D eigenvalue weighted by Crippen LogP contribution is 2.28. The number of hydrogen-bond acceptors (Lipinski definition) is 3. The molecule has 0 spiro atoms. The fourth-order valence-electron chi connectivity index (χ4n) is 3.34. The van der Waals surface area contributed by atoms with E-state index in [0.717, 1.165) is 50.9 Å². The van der Waals surface area contributed by atoms with Crippen LogP contribution in [0.4, 0.5) is 8.78 Å². The van der Waals surface area contributed by atoms with Crippen molar-refractivity contribution in [3.63, 3.8) is 0 Å². The second-order valence-corrected chi connectivity index (χ2v) is 7.37. The Labute approximate surface area is 123 Å². The lowest BCUT2D eigenvalue weighted by Gasteiger charge is -2.32. The smallest absolute Gasteiger partial charge is 0.243 e. The molecule has 21 heavy (non-hydrogen) atoms. The third kappa shape index (κ3) is 2.95. The van der Waals surface area contributed by atoms with Gasteiger partial charge in [-0.25, -0.2) is 21.9 Å². The number of fused-ring (bicyclic) bond motifs is 1. The summed E-state index contributed by atoms with van der Waals surface area (Å²) in [5.74, 6) is -1.84. The standard InChI is InChI=1S/C14H18F2N2O2S/c15-10-4-5-14(11(16)9-10)21(19,20)17-12-6-8-18-7-2-1-3-13(12)18/h4-5,9,12-13,17H,1-3,6-8H2/t12-,13-/m0/s1. The van der Waals surface area contributed by atoms with Crippen LogP contribution in [0.15, 0.2) is 23.1 Å². The molecule has 4 nitrogen and oxygen atoms in total. The highest BCUT2D eigenvalue weighted by molar-refractivity contribution is 7.89. The summed E-state index contributed by atoms with van der Waals surface area (Å²) < 4.78 is 53.8. The van der Waals surface area contributed by atoms with Gasteiger partial charge >= 0.3 is 0 Å². The molecule has 0 saturated carbocycles. The van der Waals surface area contributed by atoms with Gasteiger partial charge in [0.25, 0.3) is 0 Å². The van der Waals surface area contributed by atoms with Crippen LogP contribution in [0.25, 0.3) is 0 Å². The summed E-state index contributed by atoms with van der Waals surface area (Å²) in [5, 5.41) is 0. The van der Waals surface area contributed by atoms with Crippen molar-refractivity contribution in [2.75, 3.05) is 13.1 Å². The predicted molar refractivity (Wildman–Crippen MR) is 74.3 cm³/mol. The van der Waals surface area contributed by atoms with E-state index in [-0.39, 0.29) is 12.1 Å². The molecule has 0 amide bonds. The molecule has 1 aromatic carbocycles. The molecule has 116 valence electrons. The Hall–Kier alpha value is -1.05. The number of piperidine rings is 1. The molecule has 2 atom stereocenters. The number of sulfonamides is 1. The van der Waals surface area contributed by atoms with Crippen LogP contribution in [-0.4, -0.2) is 38.5 Å². The van der Waals surface area contributed by atoms with Gasteiger partial charge in [0.2, 0.25) is 10.0 Å². The molecule has 0 aromatic heterocycles. The SMILES string of the molecule is O=S(=O)(N[C@H]1CCN2CCCC[C@@H]12)c1ccc(F)cc1F. The molecular weight excluding hydrogens is 298 g/mol. The highest BCUT2D eigenvalue weighted by Gasteiger charge is 2.38. The number of hydrogen-bond donors (Lipinski definition) is 1. The van der Waals surface area contributed by atoms with E-state index in [1.54, 1.807) is 0 Å². The first-order valence-electron chi connectivity index (χ1n) is 7.19. The van der Waals surface area contributed by atoms with Gasteiger partial charge in [0.1, 0.15) is 16.5 Å². The van der Waals surface area contributed by atoms with Crippen molar-refractivity contribution in [3.8, 4) is 0 Å². The molecule has 3 rings (SSSR count). The zero-order valence-corrected chi connectivity index (χ0v) is 12.4. The van der Waals surface area contributed by atoms with Gasteiger partial charge in [0, 0.05) is 24.7 Å². The predicted octanol–water partition coefficient (Wildman–Crippen LogP) is 1.87. The van der Waals surface area contributed by atoms with E-state index in [9.17, 15) is 17.2 Å². The highest BCUT2D eigenvalue weighted by atomic mass is 32.2. The fraction of sp³-hybridized carbons (Fsp3) is 0.571. The van der Waals surface area contributed by atoms with Crippen LogP contribution in [0, 0.1) is 11.6 Å². The fourth-order valence-corrected chi connectivity index (χ4v) is 4.70. The third-order valence-corrected chi connectivity index (χ3v) is 5.87. The molecule has 2 aliphatic heterocycles. The molecular formula is C14H18F2N2O2S. The minimum absolute atomic E-state index is 0.192. The zero-order chi connectivity index (χ0) is 15.0. The van der Waals surface area contributed by atoms with Crippen molar-refractivity contribution >= 4 is 10.0 Å². The summed E-state index contributed by atoms with van der Waals surface area (Å²) in [6, 6.07) is 2.52. The molecule has 2 heterocycles. The average Bonchev–Trinajstić information content (AvgIpc) is 2.81. The summed E-state index contributed by atoms with van der Waals surface area (Å²) >= 11 is 0. The molecule has 7 heteroatoms. The summed E-state index contributed by atoms with van der Waals surface area (Å²) in [4.78, 5) is 1.80. The van der Waals surface area contributed by atoms with E-state index in [2.05, 4.69) is 9.62 Å². The molecule has 1 N–H and O–H groups in total. The first kappa shape index (κ1) is 14.9. The van der Waals surface area contributed by atoms with Crippen LogP contribution in [0.1, 0.15) is 25.7 Å². The lowest BCUT2D eigenvalue weighted by atomic mass is 10.00. The van der Waals surface area contributed by atoms with Crippen LogP contribution in [-0.2, 0) is 10.0 Å². The minimum Gasteiger partial charge on any atom is -0.299 e. The number of nitrogens with one attached hydrogen (secondary N) is 1. The Kier molecular flexibility index (Phi) is 3.98. The average molecular weight is 316 g/mol. The monoisotopic (exact) mass is 316 g/mol. The van der Waals surface area contributed by atoms with Gasteiger partial charge in [-0.3, -0.25) is 4.90 Å². The van der Waals surface area contributed by atoms with Gasteiger partial charge in [0.15, 0.2) is 0 Å². The van der Waals surface area contributed by atoms with E-state index < -0.39 is 26.6 Å². The molecule has 2 fully saturated rings. The first-order valence-corrected chi connectivity index (χ1v) is 8.67. The van der Waals surface area contributed by atoms with E-state index in [0.29, 0.717) is 6.07 Å². The molecule has 0 radical (unpaired) electrons. The second kappa shape index (κ2) is 5.62. The zero-order valence-electron chi connectivity index (χ0n) is 11.6. The van der Waals surface area contributed by atoms with Crippen LogP contribution in [0.5, 0.6) is 0 Å². The van der Waals surface area contributed by atoms with E-state index in [1.807, 2.05) is 0 Å². The Morgan fingerprint density at radius 3 is 2.71 bits per heavy atom. The molecule has 2 aliphatic rings. The van der Waals surface area contributed by atoms with Gasteiger partial charge in [0.05, 0.1) is 0 Å². The van der Waals surface area contributed by atoms with E-state index >= 15 is 0 Å². The van der Waals surface area contributed by atoms with Crippen molar-refractivity contribution in [3.05, 3.63) is 29.8 Å². The van der Waals surface area contributed by atoms with Crippen LogP contribution >= 0.6 is 0 Å². The maximum atomic E-state index is 13.7. The summed E-state index contributed by atoms with van der Waals surface area (Å²) in [7, 11) is -3.96. The quantitative estimate of drug-likeness (QED) is 0.926. The number of halogens is 2. The molecule has 0 aliphatic carbocycles. The van der Waals surface area contributed by atoms with Gasteiger partial charge < -0.3 is 0 Å². The lowest BCUT2D eigenvalue weighted by molar-refractivity contribution is 0.186. The van der Waals surface area contributed by atoms with Crippen molar-refractivity contribution in [1.29, 1.82) is 0 Å². The Balaban J connectivity index is 1.80. The third-order valence-electron chi connectivity index (χ3n) is 4.35. The van der Waals surface area contributed by atoms with Crippen molar-refractivity contribution in [1.82, 2.24) is 9.62 Å². The topological polar surface area (TPSA) is 49.4 Å². The maximum Gasteiger partial charge on any atom is 0.243 e. The Morgan fingerprint density at radius 2 is 1.95 bits per heavy atom. The first-order chi connectivity index (χ1) is 9.97. The van der Waals surface area contributed by atoms with Crippen LogP contribution in [0.3, 0.4) is 0 Å². The van der Waals surface area contributed by atoms with Gasteiger partial charge in [-0.05, 0) is 37.9 Å². The largest absolute Gasteiger partial charge is 0.299 e. The molecule has 1 aromatic rings. The summed E-state index contributed by atoms with van der Waals surface area (Å²) in [6.07, 6.45) is 3.92. The molecule has 0 bridgehead atoms. The number of nitrogens with zero attached hydrogens (tertiary/aromatic N) is 1. The lowest BCUT2D eigenvalue weighted by Crippen LogP contribution is -2.46. The van der Waals surface area contributed by atoms with E-state index in [4.69, 9.17) is 0 Å². The molecule has 2 saturated heterocycles. The van der Waals surface area contributed by atoms with E-state index in [1.165, 1.54) is 0 Å². The van der Waals surface area contributed by atoms with Crippen LogP contribution < -0.4 is 4.72 Å². The summed E-state index contributed by atoms with van der Waals surface area (Å²) in [6.45, 7) is 1.86. The van der Waals surface area contributed by atoms with Gasteiger partial charge in [-0.15, -0.1) is 0 Å². The normalized spacial score (nSPS) is 26.8. The molecule has 0 unspecified atom stereocenters. The van der Waals surface area contributed by atoms with Crippen LogP contribution in [0.2, 0.25) is 0 Å².